The Morgan fingerprint density at radius 3 is 2.69 bits per heavy atom. The number of nitrogens with one attached hydrogen (secondary N) is 1. The Hall–Kier alpha value is -2.02. The fraction of sp³-hybridized carbons (Fsp3) is 0.526. The molecule has 1 fully saturated rings. The van der Waals surface area contributed by atoms with Crippen LogP contribution < -0.4 is 5.32 Å². The van der Waals surface area contributed by atoms with Crippen LogP contribution in [-0.4, -0.2) is 38.6 Å². The van der Waals surface area contributed by atoms with Crippen LogP contribution >= 0.6 is 11.8 Å². The quantitative estimate of drug-likeness (QED) is 0.548. The highest BCUT2D eigenvalue weighted by atomic mass is 32.2. The molecule has 0 radical (unpaired) electrons. The number of rotatable bonds is 8. The van der Waals surface area contributed by atoms with Gasteiger partial charge in [-0.15, -0.1) is 10.2 Å². The van der Waals surface area contributed by atoms with Gasteiger partial charge >= 0.3 is 0 Å². The van der Waals surface area contributed by atoms with Gasteiger partial charge in [0.2, 0.25) is 5.91 Å². The Morgan fingerprint density at radius 1 is 1.27 bits per heavy atom. The largest absolute Gasteiger partial charge is 0.508 e. The highest BCUT2D eigenvalue weighted by molar-refractivity contribution is 7.98. The lowest BCUT2D eigenvalue weighted by Gasteiger charge is -2.16. The summed E-state index contributed by atoms with van der Waals surface area (Å²) in [4.78, 5) is 12.0. The summed E-state index contributed by atoms with van der Waals surface area (Å²) in [6.45, 7) is 0.628. The number of nitrogens with zero attached hydrogens (tertiary/aromatic N) is 3. The number of aromatic hydroxyl groups is 1. The molecule has 3 rings (SSSR count). The number of hydrogen-bond donors (Lipinski definition) is 2. The normalized spacial score (nSPS) is 14.7. The van der Waals surface area contributed by atoms with Crippen molar-refractivity contribution in [2.24, 2.45) is 0 Å². The van der Waals surface area contributed by atoms with E-state index in [4.69, 9.17) is 0 Å². The summed E-state index contributed by atoms with van der Waals surface area (Å²) in [7, 11) is 0. The summed E-state index contributed by atoms with van der Waals surface area (Å²) in [6.07, 6.45) is 9.03. The third kappa shape index (κ3) is 4.78. The maximum absolute atomic E-state index is 12.0. The lowest BCUT2D eigenvalue weighted by Crippen LogP contribution is -2.26. The number of phenols is 1. The van der Waals surface area contributed by atoms with Gasteiger partial charge in [0.15, 0.2) is 5.16 Å². The summed E-state index contributed by atoms with van der Waals surface area (Å²) < 4.78 is 2.32. The minimum absolute atomic E-state index is 0.00208. The van der Waals surface area contributed by atoms with Crippen molar-refractivity contribution >= 4 is 17.7 Å². The third-order valence-corrected chi connectivity index (χ3v) is 5.45. The first-order chi connectivity index (χ1) is 12.7. The number of thioether (sulfide) groups is 1. The highest BCUT2D eigenvalue weighted by Crippen LogP contribution is 2.33. The van der Waals surface area contributed by atoms with Crippen LogP contribution in [-0.2, 0) is 17.6 Å². The van der Waals surface area contributed by atoms with Gasteiger partial charge in [0.25, 0.3) is 0 Å². The predicted octanol–water partition coefficient (Wildman–Crippen LogP) is 3.11. The maximum Gasteiger partial charge on any atom is 0.224 e. The molecule has 6 nitrogen and oxygen atoms in total. The Labute approximate surface area is 158 Å². The molecule has 2 N–H and O–H groups in total. The second-order valence-electron chi connectivity index (χ2n) is 6.71. The molecule has 0 bridgehead atoms. The first-order valence-electron chi connectivity index (χ1n) is 9.19. The topological polar surface area (TPSA) is 80.0 Å². The Morgan fingerprint density at radius 2 is 2.00 bits per heavy atom. The number of carbonyl (C=O) groups excluding carboxylic acids is 1. The van der Waals surface area contributed by atoms with Crippen LogP contribution in [0.4, 0.5) is 0 Å². The van der Waals surface area contributed by atoms with Gasteiger partial charge < -0.3 is 15.0 Å². The van der Waals surface area contributed by atoms with Crippen molar-refractivity contribution in [3.8, 4) is 5.75 Å². The Balaban J connectivity index is 1.47. The highest BCUT2D eigenvalue weighted by Gasteiger charge is 2.23. The molecule has 1 aliphatic carbocycles. The van der Waals surface area contributed by atoms with E-state index in [1.54, 1.807) is 36.0 Å². The van der Waals surface area contributed by atoms with Crippen molar-refractivity contribution in [3.05, 3.63) is 35.7 Å². The molecule has 1 aliphatic rings. The smallest absolute Gasteiger partial charge is 0.224 e. The molecule has 0 saturated heterocycles. The Kier molecular flexibility index (Phi) is 6.55. The number of phenolic OH excluding ortho intramolecular Hbond substituents is 1. The fourth-order valence-electron chi connectivity index (χ4n) is 3.48. The van der Waals surface area contributed by atoms with Crippen LogP contribution in [0.2, 0.25) is 0 Å². The van der Waals surface area contributed by atoms with E-state index >= 15 is 0 Å². The summed E-state index contributed by atoms with van der Waals surface area (Å²) in [5.74, 6) is 1.25. The number of aryl methyl sites for hydroxylation is 1. The van der Waals surface area contributed by atoms with Crippen molar-refractivity contribution < 1.29 is 9.90 Å². The van der Waals surface area contributed by atoms with Gasteiger partial charge in [-0.2, -0.15) is 0 Å². The van der Waals surface area contributed by atoms with Gasteiger partial charge in [0.05, 0.1) is 6.42 Å². The molecule has 0 unspecified atom stereocenters. The standard InChI is InChI=1S/C19H26N4O2S/c1-26-19-22-21-17(23(19)15-5-2-3-6-15)7-4-12-20-18(25)13-14-8-10-16(24)11-9-14/h8-11,15,24H,2-7,12-13H2,1H3,(H,20,25). The van der Waals surface area contributed by atoms with Crippen LogP contribution in [0.1, 0.15) is 49.5 Å². The van der Waals surface area contributed by atoms with Crippen LogP contribution in [0.15, 0.2) is 29.4 Å². The van der Waals surface area contributed by atoms with E-state index in [2.05, 4.69) is 20.1 Å². The molecule has 1 heterocycles. The minimum Gasteiger partial charge on any atom is -0.508 e. The van der Waals surface area contributed by atoms with Crippen molar-refractivity contribution in [1.29, 1.82) is 0 Å². The molecule has 0 aliphatic heterocycles. The summed E-state index contributed by atoms with van der Waals surface area (Å²) in [5.41, 5.74) is 0.894. The molecule has 140 valence electrons. The first kappa shape index (κ1) is 18.8. The second-order valence-corrected chi connectivity index (χ2v) is 7.48. The lowest BCUT2D eigenvalue weighted by molar-refractivity contribution is -0.120. The zero-order chi connectivity index (χ0) is 18.4. The number of hydrogen-bond acceptors (Lipinski definition) is 5. The summed E-state index contributed by atoms with van der Waals surface area (Å²) in [5, 5.41) is 21.9. The van der Waals surface area contributed by atoms with Gasteiger partial charge in [-0.05, 0) is 43.2 Å². The van der Waals surface area contributed by atoms with Crippen LogP contribution in [0, 0.1) is 0 Å². The number of amides is 1. The van der Waals surface area contributed by atoms with Crippen LogP contribution in [0.25, 0.3) is 0 Å². The number of benzene rings is 1. The van der Waals surface area contributed by atoms with Crippen molar-refractivity contribution in [2.45, 2.75) is 56.1 Å². The van der Waals surface area contributed by atoms with Gasteiger partial charge in [-0.25, -0.2) is 0 Å². The van der Waals surface area contributed by atoms with Crippen molar-refractivity contribution in [3.63, 3.8) is 0 Å². The van der Waals surface area contributed by atoms with E-state index < -0.39 is 0 Å². The van der Waals surface area contributed by atoms with Gasteiger partial charge in [0.1, 0.15) is 11.6 Å². The van der Waals surface area contributed by atoms with Crippen LogP contribution in [0.5, 0.6) is 5.75 Å². The van der Waals surface area contributed by atoms with E-state index in [0.717, 1.165) is 29.4 Å². The Bertz CT molecular complexity index is 724. The van der Waals surface area contributed by atoms with E-state index in [9.17, 15) is 9.90 Å². The van der Waals surface area contributed by atoms with Gasteiger partial charge in [-0.1, -0.05) is 36.7 Å². The minimum atomic E-state index is -0.00208. The average Bonchev–Trinajstić information content (AvgIpc) is 3.29. The third-order valence-electron chi connectivity index (χ3n) is 4.81. The van der Waals surface area contributed by atoms with E-state index in [1.807, 2.05) is 6.26 Å². The molecule has 1 aromatic heterocycles. The second kappa shape index (κ2) is 9.07. The lowest BCUT2D eigenvalue weighted by atomic mass is 10.1. The molecule has 2 aromatic rings. The summed E-state index contributed by atoms with van der Waals surface area (Å²) >= 11 is 1.65. The molecule has 0 atom stereocenters. The summed E-state index contributed by atoms with van der Waals surface area (Å²) in [6, 6.07) is 7.27. The number of aromatic nitrogens is 3. The monoisotopic (exact) mass is 374 g/mol. The first-order valence-corrected chi connectivity index (χ1v) is 10.4. The zero-order valence-electron chi connectivity index (χ0n) is 15.1. The van der Waals surface area contributed by atoms with E-state index in [1.165, 1.54) is 25.7 Å². The molecular weight excluding hydrogens is 348 g/mol. The molecule has 0 spiro atoms. The van der Waals surface area contributed by atoms with E-state index in [-0.39, 0.29) is 11.7 Å². The number of carbonyl (C=O) groups is 1. The maximum atomic E-state index is 12.0. The molecule has 7 heteroatoms. The fourth-order valence-corrected chi connectivity index (χ4v) is 4.06. The molecule has 1 aromatic carbocycles. The van der Waals surface area contributed by atoms with E-state index in [0.29, 0.717) is 19.0 Å². The average molecular weight is 375 g/mol. The molecule has 26 heavy (non-hydrogen) atoms. The molecule has 1 amide bonds. The van der Waals surface area contributed by atoms with Crippen LogP contribution in [0.3, 0.4) is 0 Å². The van der Waals surface area contributed by atoms with Crippen molar-refractivity contribution in [2.75, 3.05) is 12.8 Å². The predicted molar refractivity (Wildman–Crippen MR) is 102 cm³/mol. The SMILES string of the molecule is CSc1nnc(CCCNC(=O)Cc2ccc(O)cc2)n1C1CCCC1. The molecular formula is C19H26N4O2S. The van der Waals surface area contributed by atoms with Gasteiger partial charge in [0, 0.05) is 19.0 Å². The zero-order valence-corrected chi connectivity index (χ0v) is 16.0. The molecule has 1 saturated carbocycles. The van der Waals surface area contributed by atoms with Gasteiger partial charge in [-0.3, -0.25) is 4.79 Å². The van der Waals surface area contributed by atoms with Crippen molar-refractivity contribution in [1.82, 2.24) is 20.1 Å².